The minimum atomic E-state index is -0.279. The van der Waals surface area contributed by atoms with Gasteiger partial charge in [-0.25, -0.2) is 5.43 Å². The number of hydrogen-bond acceptors (Lipinski definition) is 5. The number of phenolic OH excluding ortho intramolecular Hbond substituents is 1. The molecule has 0 fully saturated rings. The molecule has 0 aliphatic rings. The Labute approximate surface area is 162 Å². The van der Waals surface area contributed by atoms with Gasteiger partial charge in [0.05, 0.1) is 23.8 Å². The molecule has 0 spiro atoms. The predicted octanol–water partition coefficient (Wildman–Crippen LogP) is 3.88. The van der Waals surface area contributed by atoms with Crippen LogP contribution in [0.25, 0.3) is 0 Å². The van der Waals surface area contributed by atoms with E-state index in [0.717, 1.165) is 10.2 Å². The van der Waals surface area contributed by atoms with E-state index in [1.165, 1.54) is 6.21 Å². The first-order valence-electron chi connectivity index (χ1n) is 7.46. The lowest BCUT2D eigenvalue weighted by atomic mass is 10.2. The molecule has 0 bridgehead atoms. The normalized spacial score (nSPS) is 10.7. The van der Waals surface area contributed by atoms with Crippen LogP contribution in [0, 0.1) is 0 Å². The van der Waals surface area contributed by atoms with Crippen LogP contribution in [0.2, 0.25) is 0 Å². The van der Waals surface area contributed by atoms with E-state index in [1.54, 1.807) is 12.1 Å². The third-order valence-electron chi connectivity index (χ3n) is 3.03. The number of carbonyl (C=O) groups excluding carboxylic acids is 1. The molecule has 6 nitrogen and oxygen atoms in total. The minimum Gasteiger partial charge on any atom is -0.503 e. The van der Waals surface area contributed by atoms with Gasteiger partial charge in [-0.1, -0.05) is 22.0 Å². The number of aromatic hydroxyl groups is 1. The highest BCUT2D eigenvalue weighted by Crippen LogP contribution is 2.35. The van der Waals surface area contributed by atoms with Gasteiger partial charge in [0.1, 0.15) is 0 Å². The standard InChI is InChI=1S/C17H17Br2N3O3/c1-2-25-15-7-11(6-14(19)17(15)24)9-21-22-16(23)10-20-13-5-3-4-12(18)8-13/h3-9,20,24H,2,10H2,1H3,(H,22,23)/b21-9-. The van der Waals surface area contributed by atoms with Gasteiger partial charge in [0.15, 0.2) is 11.5 Å². The van der Waals surface area contributed by atoms with Gasteiger partial charge in [-0.3, -0.25) is 4.79 Å². The van der Waals surface area contributed by atoms with E-state index in [0.29, 0.717) is 22.4 Å². The summed E-state index contributed by atoms with van der Waals surface area (Å²) < 4.78 is 6.76. The van der Waals surface area contributed by atoms with Crippen LogP contribution in [0.3, 0.4) is 0 Å². The van der Waals surface area contributed by atoms with Crippen LogP contribution in [0.1, 0.15) is 12.5 Å². The van der Waals surface area contributed by atoms with Crippen molar-refractivity contribution in [1.29, 1.82) is 0 Å². The largest absolute Gasteiger partial charge is 0.503 e. The molecule has 0 aliphatic heterocycles. The zero-order valence-corrected chi connectivity index (χ0v) is 16.6. The van der Waals surface area contributed by atoms with Gasteiger partial charge in [0, 0.05) is 10.2 Å². The van der Waals surface area contributed by atoms with Gasteiger partial charge in [-0.2, -0.15) is 5.10 Å². The van der Waals surface area contributed by atoms with Crippen molar-refractivity contribution in [3.05, 3.63) is 50.9 Å². The second-order valence-electron chi connectivity index (χ2n) is 4.94. The van der Waals surface area contributed by atoms with Gasteiger partial charge < -0.3 is 15.2 Å². The summed E-state index contributed by atoms with van der Waals surface area (Å²) in [5, 5.41) is 16.8. The SMILES string of the molecule is CCOc1cc(/C=N\NC(=O)CNc2cccc(Br)c2)cc(Br)c1O. The Morgan fingerprint density at radius 2 is 2.12 bits per heavy atom. The van der Waals surface area contributed by atoms with Crippen molar-refractivity contribution in [1.82, 2.24) is 5.43 Å². The number of halogens is 2. The molecular formula is C17H17Br2N3O3. The third-order valence-corrected chi connectivity index (χ3v) is 4.13. The second kappa shape index (κ2) is 9.43. The van der Waals surface area contributed by atoms with E-state index < -0.39 is 0 Å². The van der Waals surface area contributed by atoms with Gasteiger partial charge in [-0.05, 0) is 58.7 Å². The fourth-order valence-electron chi connectivity index (χ4n) is 1.93. The summed E-state index contributed by atoms with van der Waals surface area (Å²) in [6.07, 6.45) is 1.48. The molecule has 2 rings (SSSR count). The van der Waals surface area contributed by atoms with Crippen LogP contribution in [-0.4, -0.2) is 30.4 Å². The van der Waals surface area contributed by atoms with Crippen molar-refractivity contribution in [2.75, 3.05) is 18.5 Å². The van der Waals surface area contributed by atoms with Crippen LogP contribution >= 0.6 is 31.9 Å². The number of rotatable bonds is 7. The highest BCUT2D eigenvalue weighted by molar-refractivity contribution is 9.10. The topological polar surface area (TPSA) is 83.0 Å². The van der Waals surface area contributed by atoms with E-state index in [1.807, 2.05) is 31.2 Å². The smallest absolute Gasteiger partial charge is 0.259 e. The lowest BCUT2D eigenvalue weighted by Crippen LogP contribution is -2.25. The van der Waals surface area contributed by atoms with E-state index in [4.69, 9.17) is 4.74 Å². The molecule has 0 aliphatic carbocycles. The summed E-state index contributed by atoms with van der Waals surface area (Å²) in [4.78, 5) is 11.8. The molecule has 25 heavy (non-hydrogen) atoms. The number of benzene rings is 2. The first-order chi connectivity index (χ1) is 12.0. The molecule has 0 heterocycles. The third kappa shape index (κ3) is 6.06. The number of hydrazone groups is 1. The van der Waals surface area contributed by atoms with Crippen LogP contribution in [0.15, 0.2) is 50.4 Å². The summed E-state index contributed by atoms with van der Waals surface area (Å²) in [6, 6.07) is 10.8. The van der Waals surface area contributed by atoms with E-state index in [2.05, 4.69) is 47.7 Å². The maximum Gasteiger partial charge on any atom is 0.259 e. The van der Waals surface area contributed by atoms with Gasteiger partial charge in [0.2, 0.25) is 0 Å². The molecule has 3 N–H and O–H groups in total. The number of anilines is 1. The van der Waals surface area contributed by atoms with Gasteiger partial charge in [-0.15, -0.1) is 0 Å². The van der Waals surface area contributed by atoms with Gasteiger partial charge >= 0.3 is 0 Å². The molecule has 0 aromatic heterocycles. The Morgan fingerprint density at radius 3 is 2.84 bits per heavy atom. The zero-order chi connectivity index (χ0) is 18.2. The Balaban J connectivity index is 1.90. The van der Waals surface area contributed by atoms with Crippen molar-refractivity contribution in [3.63, 3.8) is 0 Å². The summed E-state index contributed by atoms with van der Waals surface area (Å²) in [7, 11) is 0. The molecule has 1 amide bonds. The summed E-state index contributed by atoms with van der Waals surface area (Å²) in [5.41, 5.74) is 3.94. The fraction of sp³-hybridized carbons (Fsp3) is 0.176. The van der Waals surface area contributed by atoms with E-state index >= 15 is 0 Å². The predicted molar refractivity (Wildman–Crippen MR) is 105 cm³/mol. The number of nitrogens with one attached hydrogen (secondary N) is 2. The summed E-state index contributed by atoms with van der Waals surface area (Å²) in [6.45, 7) is 2.35. The van der Waals surface area contributed by atoms with Crippen molar-refractivity contribution >= 4 is 49.7 Å². The number of ether oxygens (including phenoxy) is 1. The quantitative estimate of drug-likeness (QED) is 0.423. The molecule has 0 saturated carbocycles. The Bertz CT molecular complexity index is 782. The maximum atomic E-state index is 11.8. The molecule has 0 saturated heterocycles. The maximum absolute atomic E-state index is 11.8. The highest BCUT2D eigenvalue weighted by Gasteiger charge is 2.08. The molecule has 0 radical (unpaired) electrons. The van der Waals surface area contributed by atoms with E-state index in [-0.39, 0.29) is 18.2 Å². The molecular weight excluding hydrogens is 454 g/mol. The number of amides is 1. The summed E-state index contributed by atoms with van der Waals surface area (Å²) in [5.74, 6) is 0.0985. The number of carbonyl (C=O) groups is 1. The van der Waals surface area contributed by atoms with Crippen LogP contribution in [0.5, 0.6) is 11.5 Å². The Morgan fingerprint density at radius 1 is 1.32 bits per heavy atom. The average molecular weight is 471 g/mol. The minimum absolute atomic E-state index is 0.0289. The lowest BCUT2D eigenvalue weighted by molar-refractivity contribution is -0.119. The average Bonchev–Trinajstić information content (AvgIpc) is 2.58. The highest BCUT2D eigenvalue weighted by atomic mass is 79.9. The number of phenols is 1. The van der Waals surface area contributed by atoms with Crippen LogP contribution in [-0.2, 0) is 4.79 Å². The molecule has 2 aromatic rings. The Hall–Kier alpha value is -2.06. The molecule has 132 valence electrons. The van der Waals surface area contributed by atoms with E-state index in [9.17, 15) is 9.90 Å². The summed E-state index contributed by atoms with van der Waals surface area (Å²) >= 11 is 6.62. The van der Waals surface area contributed by atoms with Crippen molar-refractivity contribution in [3.8, 4) is 11.5 Å². The van der Waals surface area contributed by atoms with Crippen LogP contribution < -0.4 is 15.5 Å². The first kappa shape index (κ1) is 19.3. The van der Waals surface area contributed by atoms with Crippen molar-refractivity contribution in [2.45, 2.75) is 6.92 Å². The molecule has 2 aromatic carbocycles. The number of hydrogen-bond donors (Lipinski definition) is 3. The van der Waals surface area contributed by atoms with Crippen molar-refractivity contribution in [2.24, 2.45) is 5.10 Å². The van der Waals surface area contributed by atoms with Gasteiger partial charge in [0.25, 0.3) is 5.91 Å². The molecule has 0 unspecified atom stereocenters. The van der Waals surface area contributed by atoms with Crippen molar-refractivity contribution < 1.29 is 14.6 Å². The fourth-order valence-corrected chi connectivity index (χ4v) is 2.79. The molecule has 0 atom stereocenters. The second-order valence-corrected chi connectivity index (χ2v) is 6.71. The number of nitrogens with zero attached hydrogens (tertiary/aromatic N) is 1. The lowest BCUT2D eigenvalue weighted by Gasteiger charge is -2.08. The van der Waals surface area contributed by atoms with Crippen LogP contribution in [0.4, 0.5) is 5.69 Å². The molecule has 8 heteroatoms. The zero-order valence-electron chi connectivity index (χ0n) is 13.4. The first-order valence-corrected chi connectivity index (χ1v) is 9.05. The monoisotopic (exact) mass is 469 g/mol. The Kier molecular flexibility index (Phi) is 7.27.